The standard InChI is InChI=1S/C19H17F2N3O3S/c1-11(26-16-6-4-3-5-15(16)21)18-23-24-19(27-18)28-12(2)17(25)22-14-9-7-13(20)8-10-14/h3-12H,1-2H3,(H,22,25)/t11-,12-/m1/s1. The van der Waals surface area contributed by atoms with Crippen molar-refractivity contribution in [1.82, 2.24) is 10.2 Å². The molecule has 6 nitrogen and oxygen atoms in total. The third-order valence-corrected chi connectivity index (χ3v) is 4.60. The van der Waals surface area contributed by atoms with Crippen LogP contribution >= 0.6 is 11.8 Å². The Kier molecular flexibility index (Phi) is 6.25. The average Bonchev–Trinajstić information content (AvgIpc) is 3.14. The first-order valence-electron chi connectivity index (χ1n) is 8.40. The first-order chi connectivity index (χ1) is 13.4. The summed E-state index contributed by atoms with van der Waals surface area (Å²) in [4.78, 5) is 12.2. The lowest BCUT2D eigenvalue weighted by atomic mass is 10.3. The number of thioether (sulfide) groups is 1. The van der Waals surface area contributed by atoms with Crippen LogP contribution in [-0.2, 0) is 4.79 Å². The molecule has 0 aliphatic carbocycles. The van der Waals surface area contributed by atoms with E-state index in [2.05, 4.69) is 15.5 Å². The zero-order chi connectivity index (χ0) is 20.1. The lowest BCUT2D eigenvalue weighted by Gasteiger charge is -2.11. The van der Waals surface area contributed by atoms with Crippen molar-refractivity contribution in [1.29, 1.82) is 0 Å². The molecule has 1 amide bonds. The predicted molar refractivity (Wildman–Crippen MR) is 100 cm³/mol. The first kappa shape index (κ1) is 19.8. The van der Waals surface area contributed by atoms with Crippen LogP contribution in [0.3, 0.4) is 0 Å². The normalized spacial score (nSPS) is 13.0. The SMILES string of the molecule is C[C@@H](Sc1nnc([C@@H](C)Oc2ccccc2F)o1)C(=O)Nc1ccc(F)cc1. The van der Waals surface area contributed by atoms with Gasteiger partial charge < -0.3 is 14.5 Å². The number of amides is 1. The summed E-state index contributed by atoms with van der Waals surface area (Å²) >= 11 is 1.07. The molecule has 146 valence electrons. The molecule has 3 aromatic rings. The Labute approximate surface area is 164 Å². The van der Waals surface area contributed by atoms with E-state index in [0.29, 0.717) is 5.69 Å². The van der Waals surface area contributed by atoms with Crippen molar-refractivity contribution < 1.29 is 22.7 Å². The number of carbonyl (C=O) groups excluding carboxylic acids is 1. The van der Waals surface area contributed by atoms with Gasteiger partial charge in [-0.1, -0.05) is 23.9 Å². The summed E-state index contributed by atoms with van der Waals surface area (Å²) in [7, 11) is 0. The molecule has 2 aromatic carbocycles. The van der Waals surface area contributed by atoms with Crippen LogP contribution in [0.4, 0.5) is 14.5 Å². The number of para-hydroxylation sites is 1. The van der Waals surface area contributed by atoms with Crippen molar-refractivity contribution >= 4 is 23.4 Å². The fourth-order valence-electron chi connectivity index (χ4n) is 2.20. The molecule has 0 saturated heterocycles. The number of benzene rings is 2. The molecule has 3 rings (SSSR count). The zero-order valence-electron chi connectivity index (χ0n) is 15.1. The van der Waals surface area contributed by atoms with Gasteiger partial charge in [0.1, 0.15) is 5.82 Å². The van der Waals surface area contributed by atoms with Gasteiger partial charge in [-0.2, -0.15) is 0 Å². The van der Waals surface area contributed by atoms with E-state index in [1.54, 1.807) is 26.0 Å². The monoisotopic (exact) mass is 405 g/mol. The number of ether oxygens (including phenoxy) is 1. The third-order valence-electron chi connectivity index (χ3n) is 3.67. The number of aromatic nitrogens is 2. The second-order valence-corrected chi connectivity index (χ2v) is 7.14. The van der Waals surface area contributed by atoms with E-state index in [4.69, 9.17) is 9.15 Å². The largest absolute Gasteiger partial charge is 0.478 e. The van der Waals surface area contributed by atoms with Gasteiger partial charge in [-0.3, -0.25) is 4.79 Å². The molecule has 0 spiro atoms. The highest BCUT2D eigenvalue weighted by Gasteiger charge is 2.21. The van der Waals surface area contributed by atoms with Crippen LogP contribution in [0.1, 0.15) is 25.8 Å². The molecule has 0 saturated carbocycles. The van der Waals surface area contributed by atoms with E-state index in [0.717, 1.165) is 11.8 Å². The Morgan fingerprint density at radius 3 is 2.54 bits per heavy atom. The summed E-state index contributed by atoms with van der Waals surface area (Å²) in [6, 6.07) is 11.5. The fraction of sp³-hybridized carbons (Fsp3) is 0.211. The van der Waals surface area contributed by atoms with E-state index < -0.39 is 17.2 Å². The Balaban J connectivity index is 1.58. The van der Waals surface area contributed by atoms with Crippen molar-refractivity contribution in [3.63, 3.8) is 0 Å². The number of halogens is 2. The second-order valence-electron chi connectivity index (χ2n) is 5.85. The molecule has 0 unspecified atom stereocenters. The molecule has 1 aromatic heterocycles. The number of hydrogen-bond donors (Lipinski definition) is 1. The fourth-order valence-corrected chi connectivity index (χ4v) is 2.89. The number of carbonyl (C=O) groups is 1. The summed E-state index contributed by atoms with van der Waals surface area (Å²) in [5.74, 6) is -0.932. The van der Waals surface area contributed by atoms with Gasteiger partial charge in [0, 0.05) is 5.69 Å². The summed E-state index contributed by atoms with van der Waals surface area (Å²) in [6.45, 7) is 3.33. The Morgan fingerprint density at radius 2 is 1.82 bits per heavy atom. The quantitative estimate of drug-likeness (QED) is 0.579. The van der Waals surface area contributed by atoms with Gasteiger partial charge >= 0.3 is 0 Å². The Morgan fingerprint density at radius 1 is 1.11 bits per heavy atom. The molecular weight excluding hydrogens is 388 g/mol. The molecule has 1 N–H and O–H groups in total. The first-order valence-corrected chi connectivity index (χ1v) is 9.28. The van der Waals surface area contributed by atoms with Crippen LogP contribution < -0.4 is 10.1 Å². The summed E-state index contributed by atoms with van der Waals surface area (Å²) in [6.07, 6.45) is -0.665. The molecule has 9 heteroatoms. The van der Waals surface area contributed by atoms with Gasteiger partial charge in [-0.15, -0.1) is 10.2 Å². The minimum absolute atomic E-state index is 0.0782. The molecule has 0 aliphatic heterocycles. The highest BCUT2D eigenvalue weighted by atomic mass is 32.2. The van der Waals surface area contributed by atoms with Crippen LogP contribution in [0.5, 0.6) is 5.75 Å². The predicted octanol–water partition coefficient (Wildman–Crippen LogP) is 4.61. The van der Waals surface area contributed by atoms with E-state index in [1.807, 2.05) is 0 Å². The second kappa shape index (κ2) is 8.83. The summed E-state index contributed by atoms with van der Waals surface area (Å²) in [5.41, 5.74) is 0.483. The maximum atomic E-state index is 13.7. The lowest BCUT2D eigenvalue weighted by molar-refractivity contribution is -0.115. The van der Waals surface area contributed by atoms with E-state index in [1.165, 1.54) is 36.4 Å². The molecule has 0 bridgehead atoms. The van der Waals surface area contributed by atoms with Crippen molar-refractivity contribution in [3.05, 3.63) is 66.1 Å². The highest BCUT2D eigenvalue weighted by Crippen LogP contribution is 2.27. The van der Waals surface area contributed by atoms with E-state index in [9.17, 15) is 13.6 Å². The number of nitrogens with one attached hydrogen (secondary N) is 1. The molecule has 1 heterocycles. The van der Waals surface area contributed by atoms with Gasteiger partial charge in [-0.25, -0.2) is 8.78 Å². The van der Waals surface area contributed by atoms with Crippen LogP contribution in [0.2, 0.25) is 0 Å². The maximum Gasteiger partial charge on any atom is 0.277 e. The Hall–Kier alpha value is -2.94. The van der Waals surface area contributed by atoms with Crippen LogP contribution in [-0.4, -0.2) is 21.4 Å². The van der Waals surface area contributed by atoms with Gasteiger partial charge in [-0.05, 0) is 50.2 Å². The van der Waals surface area contributed by atoms with Gasteiger partial charge in [0.2, 0.25) is 5.91 Å². The molecule has 28 heavy (non-hydrogen) atoms. The summed E-state index contributed by atoms with van der Waals surface area (Å²) < 4.78 is 37.6. The highest BCUT2D eigenvalue weighted by molar-refractivity contribution is 8.00. The minimum atomic E-state index is -0.665. The number of rotatable bonds is 7. The third kappa shape index (κ3) is 5.07. The van der Waals surface area contributed by atoms with Crippen molar-refractivity contribution in [2.75, 3.05) is 5.32 Å². The molecule has 0 fully saturated rings. The zero-order valence-corrected chi connectivity index (χ0v) is 15.9. The summed E-state index contributed by atoms with van der Waals surface area (Å²) in [5, 5.41) is 10.1. The molecule has 2 atom stereocenters. The smallest absolute Gasteiger partial charge is 0.277 e. The average molecular weight is 405 g/mol. The maximum absolute atomic E-state index is 13.7. The Bertz CT molecular complexity index is 950. The van der Waals surface area contributed by atoms with E-state index in [-0.39, 0.29) is 28.6 Å². The minimum Gasteiger partial charge on any atom is -0.478 e. The number of hydrogen-bond acceptors (Lipinski definition) is 6. The molecule has 0 aliphatic rings. The number of anilines is 1. The van der Waals surface area contributed by atoms with Gasteiger partial charge in [0.15, 0.2) is 17.7 Å². The van der Waals surface area contributed by atoms with Gasteiger partial charge in [0.05, 0.1) is 5.25 Å². The van der Waals surface area contributed by atoms with Crippen molar-refractivity contribution in [2.24, 2.45) is 0 Å². The van der Waals surface area contributed by atoms with Gasteiger partial charge in [0.25, 0.3) is 11.1 Å². The lowest BCUT2D eigenvalue weighted by Crippen LogP contribution is -2.22. The topological polar surface area (TPSA) is 77.2 Å². The van der Waals surface area contributed by atoms with Crippen molar-refractivity contribution in [2.45, 2.75) is 30.4 Å². The van der Waals surface area contributed by atoms with E-state index >= 15 is 0 Å². The van der Waals surface area contributed by atoms with Crippen LogP contribution in [0.25, 0.3) is 0 Å². The van der Waals surface area contributed by atoms with Crippen LogP contribution in [0, 0.1) is 11.6 Å². The van der Waals surface area contributed by atoms with Crippen molar-refractivity contribution in [3.8, 4) is 5.75 Å². The number of nitrogens with zero attached hydrogens (tertiary/aromatic N) is 2. The van der Waals surface area contributed by atoms with Crippen LogP contribution in [0.15, 0.2) is 58.2 Å². The molecular formula is C19H17F2N3O3S. The molecule has 0 radical (unpaired) electrons.